The number of ketones is 1. The van der Waals surface area contributed by atoms with Crippen molar-refractivity contribution in [3.63, 3.8) is 0 Å². The van der Waals surface area contributed by atoms with Crippen LogP contribution in [0.15, 0.2) is 39.3 Å². The predicted molar refractivity (Wildman–Crippen MR) is 124 cm³/mol. The Morgan fingerprint density at radius 3 is 2.74 bits per heavy atom. The van der Waals surface area contributed by atoms with Crippen molar-refractivity contribution in [2.75, 3.05) is 31.6 Å². The third-order valence-corrected chi connectivity index (χ3v) is 7.43. The Balaban J connectivity index is 1.67. The molecule has 34 heavy (non-hydrogen) atoms. The Morgan fingerprint density at radius 2 is 2.03 bits per heavy atom. The number of carbonyl (C=O) groups excluding carboxylic acids is 3. The number of fused-ring (bicyclic) bond motifs is 1. The SMILES string of the molecule is CNOC(=O)N1CCC2=C(C1)S(=O)(=O)N=C(C1C(=O)c3ccccc3N(CCC(C)C)C1=O)N2. The number of nitrogens with zero attached hydrogens (tertiary/aromatic N) is 3. The maximum absolute atomic E-state index is 13.5. The molecule has 0 bridgehead atoms. The Hall–Kier alpha value is -3.25. The molecule has 182 valence electrons. The Kier molecular flexibility index (Phi) is 6.45. The zero-order valence-corrected chi connectivity index (χ0v) is 20.0. The molecular formula is C22H27N5O6S. The van der Waals surface area contributed by atoms with Crippen molar-refractivity contribution in [3.05, 3.63) is 40.4 Å². The summed E-state index contributed by atoms with van der Waals surface area (Å²) in [5.74, 6) is -2.27. The maximum atomic E-state index is 13.5. The second-order valence-corrected chi connectivity index (χ2v) is 10.3. The zero-order chi connectivity index (χ0) is 24.6. The lowest BCUT2D eigenvalue weighted by atomic mass is 9.88. The van der Waals surface area contributed by atoms with Crippen molar-refractivity contribution >= 4 is 39.3 Å². The molecule has 1 atom stereocenters. The van der Waals surface area contributed by atoms with Crippen molar-refractivity contribution in [2.24, 2.45) is 16.2 Å². The number of Topliss-reactive ketones (excluding diaryl/α,β-unsaturated/α-hetero) is 1. The molecule has 0 aliphatic carbocycles. The molecule has 11 nitrogen and oxygen atoms in total. The largest absolute Gasteiger partial charge is 0.429 e. The van der Waals surface area contributed by atoms with E-state index in [0.29, 0.717) is 35.8 Å². The molecule has 0 radical (unpaired) electrons. The summed E-state index contributed by atoms with van der Waals surface area (Å²) < 4.78 is 29.9. The third kappa shape index (κ3) is 4.30. The number of hydrogen-bond acceptors (Lipinski definition) is 8. The van der Waals surface area contributed by atoms with Crippen LogP contribution in [0.25, 0.3) is 0 Å². The number of hydroxylamine groups is 1. The van der Waals surface area contributed by atoms with E-state index < -0.39 is 33.7 Å². The number of sulfonamides is 1. The minimum atomic E-state index is -4.22. The summed E-state index contributed by atoms with van der Waals surface area (Å²) in [6.45, 7) is 4.45. The summed E-state index contributed by atoms with van der Waals surface area (Å²) in [4.78, 5) is 46.3. The molecule has 1 unspecified atom stereocenters. The molecular weight excluding hydrogens is 462 g/mol. The van der Waals surface area contributed by atoms with E-state index in [2.05, 4.69) is 15.2 Å². The van der Waals surface area contributed by atoms with E-state index >= 15 is 0 Å². The molecule has 2 N–H and O–H groups in total. The molecule has 0 fully saturated rings. The van der Waals surface area contributed by atoms with E-state index in [1.165, 1.54) is 11.9 Å². The number of hydrogen-bond donors (Lipinski definition) is 2. The van der Waals surface area contributed by atoms with Crippen LogP contribution in [0.3, 0.4) is 0 Å². The lowest BCUT2D eigenvalue weighted by molar-refractivity contribution is -0.119. The molecule has 1 aromatic carbocycles. The fourth-order valence-electron chi connectivity index (χ4n) is 4.22. The van der Waals surface area contributed by atoms with Crippen molar-refractivity contribution in [3.8, 4) is 0 Å². The summed E-state index contributed by atoms with van der Waals surface area (Å²) in [5.41, 5.74) is 3.46. The van der Waals surface area contributed by atoms with Crippen molar-refractivity contribution in [2.45, 2.75) is 26.7 Å². The van der Waals surface area contributed by atoms with Crippen LogP contribution in [-0.4, -0.2) is 63.6 Å². The van der Waals surface area contributed by atoms with Gasteiger partial charge in [0.25, 0.3) is 10.0 Å². The first-order valence-electron chi connectivity index (χ1n) is 11.0. The fourth-order valence-corrected chi connectivity index (χ4v) is 5.52. The van der Waals surface area contributed by atoms with Gasteiger partial charge in [0.05, 0.1) is 12.2 Å². The Morgan fingerprint density at radius 1 is 1.29 bits per heavy atom. The maximum Gasteiger partial charge on any atom is 0.429 e. The van der Waals surface area contributed by atoms with Crippen LogP contribution < -0.4 is 15.7 Å². The molecule has 3 heterocycles. The normalized spacial score (nSPS) is 21.6. The van der Waals surface area contributed by atoms with Gasteiger partial charge in [-0.2, -0.15) is 13.9 Å². The lowest BCUT2D eigenvalue weighted by Crippen LogP contribution is -2.53. The average molecular weight is 490 g/mol. The molecule has 0 aromatic heterocycles. The van der Waals surface area contributed by atoms with Crippen LogP contribution in [0.5, 0.6) is 0 Å². The molecule has 0 spiro atoms. The van der Waals surface area contributed by atoms with Crippen LogP contribution in [0, 0.1) is 11.8 Å². The van der Waals surface area contributed by atoms with Crippen molar-refractivity contribution in [1.29, 1.82) is 0 Å². The van der Waals surface area contributed by atoms with Crippen LogP contribution in [0.2, 0.25) is 0 Å². The standard InChI is InChI=1S/C22H27N5O6S/c1-13(2)8-11-27-16-7-5-4-6-14(16)19(28)18(21(27)29)20-24-15-9-10-26(22(30)33-23-3)12-17(15)34(31,32)25-20/h4-7,13,18,23H,8-12H2,1-3H3,(H,24,25). The van der Waals surface area contributed by atoms with Gasteiger partial charge in [0.2, 0.25) is 5.91 Å². The number of carbonyl (C=O) groups is 3. The molecule has 1 aromatic rings. The quantitative estimate of drug-likeness (QED) is 0.468. The number of benzene rings is 1. The molecule has 3 aliphatic rings. The van der Waals surface area contributed by atoms with E-state index in [4.69, 9.17) is 4.84 Å². The topological polar surface area (TPSA) is 137 Å². The molecule has 4 rings (SSSR count). The lowest BCUT2D eigenvalue weighted by Gasteiger charge is -2.36. The highest BCUT2D eigenvalue weighted by atomic mass is 32.2. The van der Waals surface area contributed by atoms with E-state index in [-0.39, 0.29) is 30.3 Å². The van der Waals surface area contributed by atoms with Gasteiger partial charge in [-0.1, -0.05) is 26.0 Å². The van der Waals surface area contributed by atoms with Gasteiger partial charge in [-0.15, -0.1) is 4.40 Å². The third-order valence-electron chi connectivity index (χ3n) is 6.00. The van der Waals surface area contributed by atoms with E-state index in [1.54, 1.807) is 29.2 Å². The molecule has 2 amide bonds. The van der Waals surface area contributed by atoms with Gasteiger partial charge in [-0.3, -0.25) is 9.59 Å². The molecule has 0 saturated carbocycles. The molecule has 3 aliphatic heterocycles. The van der Waals surface area contributed by atoms with Gasteiger partial charge in [0, 0.05) is 37.8 Å². The smallest absolute Gasteiger partial charge is 0.354 e. The number of para-hydroxylation sites is 1. The zero-order valence-electron chi connectivity index (χ0n) is 19.2. The van der Waals surface area contributed by atoms with Crippen LogP contribution in [-0.2, 0) is 19.7 Å². The fraction of sp³-hybridized carbons (Fsp3) is 0.455. The van der Waals surface area contributed by atoms with Gasteiger partial charge < -0.3 is 20.0 Å². The number of amidine groups is 1. The molecule has 12 heteroatoms. The Bertz CT molecular complexity index is 1210. The van der Waals surface area contributed by atoms with Gasteiger partial charge in [-0.25, -0.2) is 4.79 Å². The van der Waals surface area contributed by atoms with Crippen molar-refractivity contribution < 1.29 is 27.6 Å². The van der Waals surface area contributed by atoms with Crippen LogP contribution >= 0.6 is 0 Å². The van der Waals surface area contributed by atoms with Gasteiger partial charge in [-0.05, 0) is 24.5 Å². The van der Waals surface area contributed by atoms with E-state index in [9.17, 15) is 22.8 Å². The summed E-state index contributed by atoms with van der Waals surface area (Å²) >= 11 is 0. The second kappa shape index (κ2) is 9.18. The van der Waals surface area contributed by atoms with E-state index in [0.717, 1.165) is 0 Å². The first kappa shape index (κ1) is 23.9. The van der Waals surface area contributed by atoms with Crippen molar-refractivity contribution in [1.82, 2.24) is 15.7 Å². The number of nitrogens with one attached hydrogen (secondary N) is 2. The average Bonchev–Trinajstić information content (AvgIpc) is 2.78. The highest BCUT2D eigenvalue weighted by molar-refractivity contribution is 7.94. The number of anilines is 1. The summed E-state index contributed by atoms with van der Waals surface area (Å²) in [6, 6.07) is 6.81. The van der Waals surface area contributed by atoms with Crippen LogP contribution in [0.1, 0.15) is 37.0 Å². The minimum absolute atomic E-state index is 0.0803. The monoisotopic (exact) mass is 489 g/mol. The summed E-state index contributed by atoms with van der Waals surface area (Å²) in [7, 11) is -2.80. The highest BCUT2D eigenvalue weighted by Crippen LogP contribution is 2.34. The van der Waals surface area contributed by atoms with Crippen LogP contribution in [0.4, 0.5) is 10.5 Å². The number of amides is 2. The van der Waals surface area contributed by atoms with Gasteiger partial charge in [0.1, 0.15) is 10.7 Å². The second-order valence-electron chi connectivity index (χ2n) is 8.71. The minimum Gasteiger partial charge on any atom is -0.354 e. The predicted octanol–water partition coefficient (Wildman–Crippen LogP) is 1.40. The van der Waals surface area contributed by atoms with Gasteiger partial charge in [0.15, 0.2) is 11.7 Å². The van der Waals surface area contributed by atoms with E-state index in [1.807, 2.05) is 13.8 Å². The summed E-state index contributed by atoms with van der Waals surface area (Å²) in [5, 5.41) is 2.94. The molecule has 0 saturated heterocycles. The van der Waals surface area contributed by atoms with Gasteiger partial charge >= 0.3 is 6.09 Å². The Labute approximate surface area is 197 Å². The highest BCUT2D eigenvalue weighted by Gasteiger charge is 2.46. The summed E-state index contributed by atoms with van der Waals surface area (Å²) in [6.07, 6.45) is 0.177. The first-order valence-corrected chi connectivity index (χ1v) is 12.5. The first-order chi connectivity index (χ1) is 16.1. The number of rotatable bonds is 5.